The molecule has 2 saturated heterocycles. The standard InChI is InChI=1S/C16H21N3O5S/c17-25(22,23)13-3-1-12(2-4-13)18-15(20)11-5-8-19(9-6-11)14-7-10-24-16(14)21/h1-4,11,14H,5-10H2,(H,18,20)(H2,17,22,23)/t14-/m0/s1. The Morgan fingerprint density at radius 2 is 1.80 bits per heavy atom. The maximum atomic E-state index is 12.4. The van der Waals surface area contributed by atoms with Crippen molar-refractivity contribution in [2.75, 3.05) is 25.0 Å². The van der Waals surface area contributed by atoms with Gasteiger partial charge in [-0.3, -0.25) is 14.5 Å². The molecule has 0 aromatic heterocycles. The molecule has 2 heterocycles. The van der Waals surface area contributed by atoms with Gasteiger partial charge in [-0.05, 0) is 50.2 Å². The van der Waals surface area contributed by atoms with Crippen LogP contribution in [0.25, 0.3) is 0 Å². The number of hydrogen-bond acceptors (Lipinski definition) is 6. The average molecular weight is 367 g/mol. The van der Waals surface area contributed by atoms with Crippen molar-refractivity contribution in [1.29, 1.82) is 0 Å². The minimum Gasteiger partial charge on any atom is -0.464 e. The fourth-order valence-corrected chi connectivity index (χ4v) is 3.78. The van der Waals surface area contributed by atoms with Crippen LogP contribution < -0.4 is 10.5 Å². The van der Waals surface area contributed by atoms with Gasteiger partial charge in [0.05, 0.1) is 11.5 Å². The first-order chi connectivity index (χ1) is 11.8. The summed E-state index contributed by atoms with van der Waals surface area (Å²) in [5.41, 5.74) is 0.527. The zero-order valence-electron chi connectivity index (χ0n) is 13.7. The molecule has 0 radical (unpaired) electrons. The molecule has 9 heteroatoms. The molecule has 1 aromatic carbocycles. The summed E-state index contributed by atoms with van der Waals surface area (Å²) >= 11 is 0. The molecule has 2 aliphatic heterocycles. The van der Waals surface area contributed by atoms with Gasteiger partial charge in [-0.25, -0.2) is 13.6 Å². The van der Waals surface area contributed by atoms with Crippen LogP contribution in [0.2, 0.25) is 0 Å². The van der Waals surface area contributed by atoms with Crippen molar-refractivity contribution in [3.05, 3.63) is 24.3 Å². The lowest BCUT2D eigenvalue weighted by molar-refractivity contribution is -0.142. The van der Waals surface area contributed by atoms with Crippen molar-refractivity contribution in [3.8, 4) is 0 Å². The van der Waals surface area contributed by atoms with Crippen molar-refractivity contribution in [2.45, 2.75) is 30.2 Å². The number of nitrogens with two attached hydrogens (primary N) is 1. The van der Waals surface area contributed by atoms with E-state index in [0.717, 1.165) is 0 Å². The molecule has 25 heavy (non-hydrogen) atoms. The molecule has 3 rings (SSSR count). The Morgan fingerprint density at radius 1 is 1.16 bits per heavy atom. The quantitative estimate of drug-likeness (QED) is 0.739. The predicted molar refractivity (Wildman–Crippen MR) is 90.1 cm³/mol. The van der Waals surface area contributed by atoms with E-state index in [1.165, 1.54) is 24.3 Å². The Hall–Kier alpha value is -1.97. The topological polar surface area (TPSA) is 119 Å². The second kappa shape index (κ2) is 7.11. The first-order valence-corrected chi connectivity index (χ1v) is 9.73. The minimum atomic E-state index is -3.74. The van der Waals surface area contributed by atoms with Crippen molar-refractivity contribution in [1.82, 2.24) is 4.90 Å². The lowest BCUT2D eigenvalue weighted by atomic mass is 9.94. The maximum Gasteiger partial charge on any atom is 0.323 e. The van der Waals surface area contributed by atoms with E-state index >= 15 is 0 Å². The van der Waals surface area contributed by atoms with Gasteiger partial charge in [-0.15, -0.1) is 0 Å². The van der Waals surface area contributed by atoms with Crippen LogP contribution >= 0.6 is 0 Å². The van der Waals surface area contributed by atoms with Crippen LogP contribution in [-0.2, 0) is 24.3 Å². The van der Waals surface area contributed by atoms with E-state index in [1.54, 1.807) is 0 Å². The lowest BCUT2D eigenvalue weighted by Crippen LogP contribution is -2.45. The summed E-state index contributed by atoms with van der Waals surface area (Å²) < 4.78 is 27.5. The number of carbonyl (C=O) groups excluding carboxylic acids is 2. The average Bonchev–Trinajstić information content (AvgIpc) is 3.01. The number of benzene rings is 1. The molecule has 1 aromatic rings. The number of primary sulfonamides is 1. The number of likely N-dealkylation sites (tertiary alicyclic amines) is 1. The molecule has 2 aliphatic rings. The first kappa shape index (κ1) is 17.8. The number of cyclic esters (lactones) is 1. The van der Waals surface area contributed by atoms with Crippen molar-refractivity contribution in [2.24, 2.45) is 11.1 Å². The van der Waals surface area contributed by atoms with E-state index in [-0.39, 0.29) is 28.7 Å². The van der Waals surface area contributed by atoms with E-state index in [9.17, 15) is 18.0 Å². The summed E-state index contributed by atoms with van der Waals surface area (Å²) in [6.07, 6.45) is 2.06. The van der Waals surface area contributed by atoms with Gasteiger partial charge in [0.2, 0.25) is 15.9 Å². The molecular formula is C16H21N3O5S. The van der Waals surface area contributed by atoms with Crippen molar-refractivity contribution < 1.29 is 22.7 Å². The molecular weight excluding hydrogens is 346 g/mol. The summed E-state index contributed by atoms with van der Waals surface area (Å²) in [6.45, 7) is 1.84. The van der Waals surface area contributed by atoms with Crippen LogP contribution in [0.4, 0.5) is 5.69 Å². The van der Waals surface area contributed by atoms with E-state index in [4.69, 9.17) is 9.88 Å². The van der Waals surface area contributed by atoms with Gasteiger partial charge in [0.15, 0.2) is 0 Å². The number of piperidine rings is 1. The van der Waals surface area contributed by atoms with Gasteiger partial charge in [-0.1, -0.05) is 0 Å². The van der Waals surface area contributed by atoms with Gasteiger partial charge >= 0.3 is 5.97 Å². The number of rotatable bonds is 4. The zero-order chi connectivity index (χ0) is 18.0. The van der Waals surface area contributed by atoms with Crippen LogP contribution in [-0.4, -0.2) is 50.9 Å². The highest BCUT2D eigenvalue weighted by molar-refractivity contribution is 7.89. The van der Waals surface area contributed by atoms with Crippen LogP contribution in [0, 0.1) is 5.92 Å². The lowest BCUT2D eigenvalue weighted by Gasteiger charge is -2.33. The van der Waals surface area contributed by atoms with Gasteiger partial charge in [0.25, 0.3) is 0 Å². The Morgan fingerprint density at radius 3 is 2.32 bits per heavy atom. The Kier molecular flexibility index (Phi) is 5.07. The maximum absolute atomic E-state index is 12.4. The highest BCUT2D eigenvalue weighted by atomic mass is 32.2. The molecule has 0 saturated carbocycles. The van der Waals surface area contributed by atoms with Crippen LogP contribution in [0.15, 0.2) is 29.2 Å². The third kappa shape index (κ3) is 4.17. The molecule has 2 fully saturated rings. The van der Waals surface area contributed by atoms with Gasteiger partial charge in [0, 0.05) is 18.0 Å². The third-order valence-electron chi connectivity index (χ3n) is 4.70. The van der Waals surface area contributed by atoms with E-state index < -0.39 is 10.0 Å². The second-order valence-electron chi connectivity index (χ2n) is 6.34. The highest BCUT2D eigenvalue weighted by Gasteiger charge is 2.35. The smallest absolute Gasteiger partial charge is 0.323 e. The first-order valence-electron chi connectivity index (χ1n) is 8.19. The Balaban J connectivity index is 1.53. The van der Waals surface area contributed by atoms with E-state index in [0.29, 0.717) is 44.6 Å². The molecule has 1 amide bonds. The number of nitrogens with one attached hydrogen (secondary N) is 1. The summed E-state index contributed by atoms with van der Waals surface area (Å²) in [4.78, 5) is 26.1. The number of hydrogen-bond donors (Lipinski definition) is 2. The predicted octanol–water partition coefficient (Wildman–Crippen LogP) is 0.300. The van der Waals surface area contributed by atoms with Crippen molar-refractivity contribution >= 4 is 27.6 Å². The van der Waals surface area contributed by atoms with E-state index in [1.807, 2.05) is 0 Å². The number of ether oxygens (including phenoxy) is 1. The SMILES string of the molecule is NS(=O)(=O)c1ccc(NC(=O)C2CCN([C@H]3CCOC3=O)CC2)cc1. The largest absolute Gasteiger partial charge is 0.464 e. The molecule has 8 nitrogen and oxygen atoms in total. The monoisotopic (exact) mass is 367 g/mol. The highest BCUT2D eigenvalue weighted by Crippen LogP contribution is 2.24. The molecule has 0 spiro atoms. The van der Waals surface area contributed by atoms with Crippen LogP contribution in [0.1, 0.15) is 19.3 Å². The number of nitrogens with zero attached hydrogens (tertiary/aromatic N) is 1. The number of esters is 1. The fraction of sp³-hybridized carbons (Fsp3) is 0.500. The summed E-state index contributed by atoms with van der Waals surface area (Å²) in [5.74, 6) is -0.401. The number of carbonyl (C=O) groups is 2. The number of amides is 1. The number of sulfonamides is 1. The van der Waals surface area contributed by atoms with Crippen molar-refractivity contribution in [3.63, 3.8) is 0 Å². The van der Waals surface area contributed by atoms with Crippen LogP contribution in [0.5, 0.6) is 0 Å². The van der Waals surface area contributed by atoms with Gasteiger partial charge < -0.3 is 10.1 Å². The Bertz CT molecular complexity index is 754. The molecule has 1 atom stereocenters. The minimum absolute atomic E-state index is 0.00209. The molecule has 0 aliphatic carbocycles. The second-order valence-corrected chi connectivity index (χ2v) is 7.90. The fourth-order valence-electron chi connectivity index (χ4n) is 3.26. The summed E-state index contributed by atoms with van der Waals surface area (Å²) in [6, 6.07) is 5.58. The zero-order valence-corrected chi connectivity index (χ0v) is 14.5. The number of anilines is 1. The van der Waals surface area contributed by atoms with E-state index in [2.05, 4.69) is 10.2 Å². The normalized spacial score (nSPS) is 22.6. The summed E-state index contributed by atoms with van der Waals surface area (Å²) in [5, 5.41) is 7.85. The summed E-state index contributed by atoms with van der Waals surface area (Å²) in [7, 11) is -3.74. The molecule has 3 N–H and O–H groups in total. The molecule has 0 bridgehead atoms. The third-order valence-corrected chi connectivity index (χ3v) is 5.63. The molecule has 0 unspecified atom stereocenters. The van der Waals surface area contributed by atoms with Gasteiger partial charge in [0.1, 0.15) is 6.04 Å². The van der Waals surface area contributed by atoms with Crippen LogP contribution in [0.3, 0.4) is 0 Å². The molecule has 136 valence electrons. The van der Waals surface area contributed by atoms with Gasteiger partial charge in [-0.2, -0.15) is 0 Å². The Labute approximate surface area is 146 Å².